The molecular weight excluding hydrogens is 410 g/mol. The van der Waals surface area contributed by atoms with Crippen LogP contribution in [0.25, 0.3) is 0 Å². The Morgan fingerprint density at radius 2 is 2.03 bits per heavy atom. The van der Waals surface area contributed by atoms with E-state index in [9.17, 15) is 28.3 Å². The fourth-order valence-corrected chi connectivity index (χ4v) is 3.79. The standard InChI is InChI=1S/C18H15ClF2N4O4/c1-23-7-24-5-4-11-12(15(26)16(27)14(18(23)29)25(11)24)17(28)22-6-8-10(20)3-2-9(19)13(8)21/h2-3,27H,4-7H2,1H3,(H,22,28). The van der Waals surface area contributed by atoms with Gasteiger partial charge in [-0.3, -0.25) is 24.1 Å². The lowest BCUT2D eigenvalue weighted by Crippen LogP contribution is -2.51. The van der Waals surface area contributed by atoms with Crippen molar-refractivity contribution >= 4 is 23.4 Å². The quantitative estimate of drug-likeness (QED) is 0.715. The van der Waals surface area contributed by atoms with Gasteiger partial charge in [0.2, 0.25) is 5.43 Å². The molecule has 0 saturated carbocycles. The third-order valence-corrected chi connectivity index (χ3v) is 5.32. The van der Waals surface area contributed by atoms with Crippen LogP contribution in [0.15, 0.2) is 16.9 Å². The third kappa shape index (κ3) is 2.82. The van der Waals surface area contributed by atoms with Crippen molar-refractivity contribution in [3.05, 3.63) is 61.5 Å². The smallest absolute Gasteiger partial charge is 0.277 e. The van der Waals surface area contributed by atoms with Crippen LogP contribution in [-0.4, -0.2) is 46.8 Å². The number of pyridine rings is 1. The van der Waals surface area contributed by atoms with E-state index in [1.165, 1.54) is 16.6 Å². The number of hydrogen-bond acceptors (Lipinski definition) is 5. The van der Waals surface area contributed by atoms with Crippen LogP contribution < -0.4 is 15.8 Å². The number of rotatable bonds is 3. The molecule has 2 aliphatic rings. The van der Waals surface area contributed by atoms with Crippen LogP contribution in [0.4, 0.5) is 8.78 Å². The predicted molar refractivity (Wildman–Crippen MR) is 98.7 cm³/mol. The van der Waals surface area contributed by atoms with E-state index in [0.29, 0.717) is 6.54 Å². The number of amides is 2. The Morgan fingerprint density at radius 1 is 1.31 bits per heavy atom. The molecule has 1 aromatic carbocycles. The van der Waals surface area contributed by atoms with E-state index < -0.39 is 46.7 Å². The van der Waals surface area contributed by atoms with Crippen molar-refractivity contribution in [3.8, 4) is 5.75 Å². The summed E-state index contributed by atoms with van der Waals surface area (Å²) in [4.78, 5) is 39.1. The summed E-state index contributed by atoms with van der Waals surface area (Å²) in [6.45, 7) is 0.0936. The molecule has 0 atom stereocenters. The lowest BCUT2D eigenvalue weighted by Gasteiger charge is -2.35. The SMILES string of the molecule is CN1CN2CCc3c(C(=O)NCc4c(F)ccc(Cl)c4F)c(=O)c(O)c(n32)C1=O. The molecule has 3 heterocycles. The highest BCUT2D eigenvalue weighted by Gasteiger charge is 2.39. The fraction of sp³-hybridized carbons (Fsp3) is 0.278. The van der Waals surface area contributed by atoms with Gasteiger partial charge in [0, 0.05) is 32.1 Å². The van der Waals surface area contributed by atoms with Gasteiger partial charge >= 0.3 is 0 Å². The van der Waals surface area contributed by atoms with E-state index in [1.54, 1.807) is 5.01 Å². The predicted octanol–water partition coefficient (Wildman–Crippen LogP) is 0.953. The van der Waals surface area contributed by atoms with Gasteiger partial charge in [-0.25, -0.2) is 8.78 Å². The molecule has 152 valence electrons. The summed E-state index contributed by atoms with van der Waals surface area (Å²) in [6, 6.07) is 2.01. The van der Waals surface area contributed by atoms with Crippen LogP contribution in [0, 0.1) is 11.6 Å². The Labute approximate surface area is 167 Å². The molecular formula is C18H15ClF2N4O4. The normalized spacial score (nSPS) is 15.0. The number of halogens is 3. The molecule has 11 heteroatoms. The highest BCUT2D eigenvalue weighted by atomic mass is 35.5. The van der Waals surface area contributed by atoms with Gasteiger partial charge in [0.1, 0.15) is 23.9 Å². The first kappa shape index (κ1) is 19.2. The van der Waals surface area contributed by atoms with Crippen LogP contribution in [0.5, 0.6) is 5.75 Å². The van der Waals surface area contributed by atoms with Crippen LogP contribution in [0.3, 0.4) is 0 Å². The van der Waals surface area contributed by atoms with Crippen molar-refractivity contribution in [3.63, 3.8) is 0 Å². The Balaban J connectivity index is 1.73. The van der Waals surface area contributed by atoms with Crippen molar-refractivity contribution in [1.29, 1.82) is 0 Å². The number of aromatic nitrogens is 1. The van der Waals surface area contributed by atoms with Crippen LogP contribution in [-0.2, 0) is 13.0 Å². The molecule has 1 aromatic heterocycles. The number of aromatic hydroxyl groups is 1. The van der Waals surface area contributed by atoms with E-state index in [-0.39, 0.29) is 35.1 Å². The number of carbonyl (C=O) groups excluding carboxylic acids is 2. The summed E-state index contributed by atoms with van der Waals surface area (Å²) >= 11 is 5.64. The molecule has 2 aromatic rings. The maximum Gasteiger partial charge on any atom is 0.277 e. The van der Waals surface area contributed by atoms with Gasteiger partial charge in [0.05, 0.1) is 10.7 Å². The number of benzene rings is 1. The molecule has 0 saturated heterocycles. The van der Waals surface area contributed by atoms with Crippen molar-refractivity contribution in [2.24, 2.45) is 0 Å². The Kier molecular flexibility index (Phi) is 4.45. The summed E-state index contributed by atoms with van der Waals surface area (Å²) < 4.78 is 29.3. The van der Waals surface area contributed by atoms with Crippen molar-refractivity contribution < 1.29 is 23.5 Å². The zero-order valence-electron chi connectivity index (χ0n) is 15.1. The largest absolute Gasteiger partial charge is 0.502 e. The second-order valence-electron chi connectivity index (χ2n) is 6.79. The molecule has 8 nitrogen and oxygen atoms in total. The lowest BCUT2D eigenvalue weighted by atomic mass is 10.1. The van der Waals surface area contributed by atoms with Gasteiger partial charge < -0.3 is 15.3 Å². The summed E-state index contributed by atoms with van der Waals surface area (Å²) in [5, 5.41) is 14.0. The molecule has 0 aliphatic carbocycles. The summed E-state index contributed by atoms with van der Waals surface area (Å²) in [5.41, 5.74) is -1.79. The molecule has 0 bridgehead atoms. The Morgan fingerprint density at radius 3 is 2.76 bits per heavy atom. The number of nitrogens with zero attached hydrogens (tertiary/aromatic N) is 3. The second-order valence-corrected chi connectivity index (χ2v) is 7.20. The number of nitrogens with one attached hydrogen (secondary N) is 1. The minimum absolute atomic E-state index is 0.209. The van der Waals surface area contributed by atoms with Gasteiger partial charge in [-0.1, -0.05) is 11.6 Å². The first-order valence-corrected chi connectivity index (χ1v) is 9.02. The van der Waals surface area contributed by atoms with Crippen LogP contribution >= 0.6 is 11.6 Å². The maximum absolute atomic E-state index is 14.0. The van der Waals surface area contributed by atoms with E-state index in [1.807, 2.05) is 0 Å². The van der Waals surface area contributed by atoms with Gasteiger partial charge in [0.25, 0.3) is 11.8 Å². The molecule has 2 aliphatic heterocycles. The highest BCUT2D eigenvalue weighted by Crippen LogP contribution is 2.28. The molecule has 0 radical (unpaired) electrons. The molecule has 2 N–H and O–H groups in total. The highest BCUT2D eigenvalue weighted by molar-refractivity contribution is 6.30. The molecule has 2 amide bonds. The zero-order valence-corrected chi connectivity index (χ0v) is 15.9. The van der Waals surface area contributed by atoms with Gasteiger partial charge in [-0.2, -0.15) is 0 Å². The van der Waals surface area contributed by atoms with Gasteiger partial charge in [-0.15, -0.1) is 0 Å². The molecule has 0 fully saturated rings. The maximum atomic E-state index is 14.0. The van der Waals surface area contributed by atoms with E-state index in [2.05, 4.69) is 5.32 Å². The van der Waals surface area contributed by atoms with Gasteiger partial charge in [0.15, 0.2) is 11.4 Å². The third-order valence-electron chi connectivity index (χ3n) is 5.03. The van der Waals surface area contributed by atoms with E-state index in [4.69, 9.17) is 11.6 Å². The average Bonchev–Trinajstić information content (AvgIpc) is 3.08. The average molecular weight is 425 g/mol. The molecule has 0 spiro atoms. The lowest BCUT2D eigenvalue weighted by molar-refractivity contribution is 0.0737. The first-order valence-electron chi connectivity index (χ1n) is 8.64. The number of hydrogen-bond donors (Lipinski definition) is 2. The molecule has 29 heavy (non-hydrogen) atoms. The first-order chi connectivity index (χ1) is 13.7. The van der Waals surface area contributed by atoms with Crippen molar-refractivity contribution in [1.82, 2.24) is 14.9 Å². The minimum Gasteiger partial charge on any atom is -0.502 e. The second kappa shape index (κ2) is 6.73. The van der Waals surface area contributed by atoms with Crippen LogP contribution in [0.1, 0.15) is 32.1 Å². The van der Waals surface area contributed by atoms with E-state index >= 15 is 0 Å². The monoisotopic (exact) mass is 424 g/mol. The van der Waals surface area contributed by atoms with Gasteiger partial charge in [-0.05, 0) is 12.1 Å². The molecule has 0 unspecified atom stereocenters. The summed E-state index contributed by atoms with van der Waals surface area (Å²) in [7, 11) is 1.53. The van der Waals surface area contributed by atoms with E-state index in [0.717, 1.165) is 12.1 Å². The van der Waals surface area contributed by atoms with Crippen molar-refractivity contribution in [2.45, 2.75) is 13.0 Å². The summed E-state index contributed by atoms with van der Waals surface area (Å²) in [6.07, 6.45) is 0.284. The Hall–Kier alpha value is -3.14. The van der Waals surface area contributed by atoms with Crippen molar-refractivity contribution in [2.75, 3.05) is 25.3 Å². The summed E-state index contributed by atoms with van der Waals surface area (Å²) in [5.74, 6) is -4.22. The minimum atomic E-state index is -1.01. The Bertz CT molecular complexity index is 1130. The van der Waals surface area contributed by atoms with Crippen LogP contribution in [0.2, 0.25) is 5.02 Å². The fourth-order valence-electron chi connectivity index (χ4n) is 3.61. The zero-order chi connectivity index (χ0) is 21.0. The molecule has 4 rings (SSSR count). The number of carbonyl (C=O) groups is 2. The topological polar surface area (TPSA) is 94.9 Å².